The second-order valence-corrected chi connectivity index (χ2v) is 5.10. The fourth-order valence-corrected chi connectivity index (χ4v) is 2.22. The van der Waals surface area contributed by atoms with Crippen LogP contribution in [0, 0.1) is 5.82 Å². The van der Waals surface area contributed by atoms with Crippen molar-refractivity contribution in [2.24, 2.45) is 5.73 Å². The van der Waals surface area contributed by atoms with Crippen LogP contribution in [0.25, 0.3) is 0 Å². The number of carbonyl (C=O) groups is 1. The molecule has 98 valence electrons. The van der Waals surface area contributed by atoms with Crippen LogP contribution in [0.5, 0.6) is 0 Å². The Labute approximate surface area is 118 Å². The highest BCUT2D eigenvalue weighted by atomic mass is 79.9. The van der Waals surface area contributed by atoms with Crippen LogP contribution in [0.2, 0.25) is 0 Å². The van der Waals surface area contributed by atoms with E-state index in [9.17, 15) is 9.18 Å². The second-order valence-electron chi connectivity index (χ2n) is 4.19. The van der Waals surface area contributed by atoms with Crippen LogP contribution in [0.3, 0.4) is 0 Å². The summed E-state index contributed by atoms with van der Waals surface area (Å²) in [5.74, 6) is -1.38. The van der Waals surface area contributed by atoms with Gasteiger partial charge in [-0.15, -0.1) is 0 Å². The molecule has 0 saturated heterocycles. The van der Waals surface area contributed by atoms with E-state index in [4.69, 9.17) is 5.73 Å². The van der Waals surface area contributed by atoms with Gasteiger partial charge in [0.15, 0.2) is 0 Å². The van der Waals surface area contributed by atoms with Crippen LogP contribution in [0.15, 0.2) is 47.1 Å². The van der Waals surface area contributed by atoms with E-state index in [-0.39, 0.29) is 5.82 Å². The molecule has 1 aromatic heterocycles. The van der Waals surface area contributed by atoms with Crippen molar-refractivity contribution < 1.29 is 9.18 Å². The van der Waals surface area contributed by atoms with Gasteiger partial charge in [-0.25, -0.2) is 4.39 Å². The predicted octanol–water partition coefficient (Wildman–Crippen LogP) is 2.79. The van der Waals surface area contributed by atoms with Gasteiger partial charge in [0, 0.05) is 10.7 Å². The third kappa shape index (κ3) is 3.61. The number of aromatic nitrogens is 1. The van der Waals surface area contributed by atoms with Crippen LogP contribution >= 0.6 is 15.9 Å². The smallest absolute Gasteiger partial charge is 0.226 e. The van der Waals surface area contributed by atoms with Crippen molar-refractivity contribution >= 4 is 21.8 Å². The summed E-state index contributed by atoms with van der Waals surface area (Å²) in [6.07, 6.45) is 1.93. The van der Waals surface area contributed by atoms with E-state index in [1.54, 1.807) is 30.5 Å². The molecule has 0 spiro atoms. The molecule has 0 fully saturated rings. The Morgan fingerprint density at radius 1 is 1.37 bits per heavy atom. The average molecular weight is 323 g/mol. The Balaban J connectivity index is 2.29. The molecule has 0 saturated carbocycles. The van der Waals surface area contributed by atoms with E-state index in [1.807, 2.05) is 0 Å². The first kappa shape index (κ1) is 13.7. The Kier molecular flexibility index (Phi) is 4.27. The zero-order chi connectivity index (χ0) is 13.8. The summed E-state index contributed by atoms with van der Waals surface area (Å²) in [6, 6.07) is 9.64. The SMILES string of the molecule is NC(=O)C(Cc1cccc(F)c1)c1cc(Br)ccn1. The first-order chi connectivity index (χ1) is 9.06. The van der Waals surface area contributed by atoms with Gasteiger partial charge >= 0.3 is 0 Å². The first-order valence-corrected chi connectivity index (χ1v) is 6.51. The molecule has 0 bridgehead atoms. The Morgan fingerprint density at radius 3 is 2.79 bits per heavy atom. The van der Waals surface area contributed by atoms with Crippen LogP contribution in [-0.4, -0.2) is 10.9 Å². The minimum Gasteiger partial charge on any atom is -0.369 e. The highest BCUT2D eigenvalue weighted by Gasteiger charge is 2.20. The van der Waals surface area contributed by atoms with Crippen LogP contribution in [0.1, 0.15) is 17.2 Å². The zero-order valence-electron chi connectivity index (χ0n) is 10.0. The second kappa shape index (κ2) is 5.93. The third-order valence-corrected chi connectivity index (χ3v) is 3.27. The maximum Gasteiger partial charge on any atom is 0.226 e. The van der Waals surface area contributed by atoms with E-state index in [0.717, 1.165) is 4.47 Å². The van der Waals surface area contributed by atoms with Gasteiger partial charge in [0.25, 0.3) is 0 Å². The van der Waals surface area contributed by atoms with Crippen molar-refractivity contribution in [3.05, 3.63) is 64.1 Å². The molecule has 1 amide bonds. The first-order valence-electron chi connectivity index (χ1n) is 5.71. The van der Waals surface area contributed by atoms with Gasteiger partial charge in [0.1, 0.15) is 5.82 Å². The van der Waals surface area contributed by atoms with Crippen molar-refractivity contribution in [2.75, 3.05) is 0 Å². The number of hydrogen-bond acceptors (Lipinski definition) is 2. The predicted molar refractivity (Wildman–Crippen MR) is 74.0 cm³/mol. The summed E-state index contributed by atoms with van der Waals surface area (Å²) < 4.78 is 14.0. The summed E-state index contributed by atoms with van der Waals surface area (Å²) >= 11 is 3.32. The van der Waals surface area contributed by atoms with Gasteiger partial charge in [-0.1, -0.05) is 28.1 Å². The van der Waals surface area contributed by atoms with Crippen LogP contribution in [-0.2, 0) is 11.2 Å². The Bertz CT molecular complexity index is 604. The number of benzene rings is 1. The molecule has 5 heteroatoms. The highest BCUT2D eigenvalue weighted by molar-refractivity contribution is 9.10. The maximum atomic E-state index is 13.1. The van der Waals surface area contributed by atoms with Gasteiger partial charge < -0.3 is 5.73 Å². The van der Waals surface area contributed by atoms with E-state index < -0.39 is 11.8 Å². The van der Waals surface area contributed by atoms with Gasteiger partial charge in [0.2, 0.25) is 5.91 Å². The normalized spacial score (nSPS) is 12.1. The van der Waals surface area contributed by atoms with Gasteiger partial charge in [0.05, 0.1) is 11.6 Å². The number of rotatable bonds is 4. The molecule has 0 aliphatic heterocycles. The molecule has 0 radical (unpaired) electrons. The molecule has 2 aromatic rings. The molecule has 19 heavy (non-hydrogen) atoms. The van der Waals surface area contributed by atoms with Crippen molar-refractivity contribution in [2.45, 2.75) is 12.3 Å². The molecule has 1 atom stereocenters. The quantitative estimate of drug-likeness (QED) is 0.941. The van der Waals surface area contributed by atoms with E-state index in [0.29, 0.717) is 17.7 Å². The van der Waals surface area contributed by atoms with Crippen molar-refractivity contribution in [1.29, 1.82) is 0 Å². The van der Waals surface area contributed by atoms with Crippen molar-refractivity contribution in [1.82, 2.24) is 4.98 Å². The fraction of sp³-hybridized carbons (Fsp3) is 0.143. The summed E-state index contributed by atoms with van der Waals surface area (Å²) in [5.41, 5.74) is 6.71. The lowest BCUT2D eigenvalue weighted by Gasteiger charge is -2.13. The largest absolute Gasteiger partial charge is 0.369 e. The van der Waals surface area contributed by atoms with Crippen LogP contribution < -0.4 is 5.73 Å². The fourth-order valence-electron chi connectivity index (χ4n) is 1.86. The molecule has 0 aliphatic carbocycles. The van der Waals surface area contributed by atoms with E-state index >= 15 is 0 Å². The summed E-state index contributed by atoms with van der Waals surface area (Å²) in [5, 5.41) is 0. The Morgan fingerprint density at radius 2 is 2.16 bits per heavy atom. The topological polar surface area (TPSA) is 56.0 Å². The minimum absolute atomic E-state index is 0.330. The molecule has 1 unspecified atom stereocenters. The number of amides is 1. The van der Waals surface area contributed by atoms with E-state index in [1.165, 1.54) is 12.1 Å². The molecular weight excluding hydrogens is 311 g/mol. The standard InChI is InChI=1S/C14H12BrFN2O/c15-10-4-5-18-13(8-10)12(14(17)19)7-9-2-1-3-11(16)6-9/h1-6,8,12H,7H2,(H2,17,19). The lowest BCUT2D eigenvalue weighted by Crippen LogP contribution is -2.24. The lowest BCUT2D eigenvalue weighted by molar-refractivity contribution is -0.119. The van der Waals surface area contributed by atoms with Crippen molar-refractivity contribution in [3.8, 4) is 0 Å². The monoisotopic (exact) mass is 322 g/mol. The lowest BCUT2D eigenvalue weighted by atomic mass is 9.95. The zero-order valence-corrected chi connectivity index (χ0v) is 11.6. The minimum atomic E-state index is -0.570. The molecule has 1 aromatic carbocycles. The number of carbonyl (C=O) groups excluding carboxylic acids is 1. The van der Waals surface area contributed by atoms with Gasteiger partial charge in [-0.2, -0.15) is 0 Å². The van der Waals surface area contributed by atoms with E-state index in [2.05, 4.69) is 20.9 Å². The average Bonchev–Trinajstić information content (AvgIpc) is 2.35. The highest BCUT2D eigenvalue weighted by Crippen LogP contribution is 2.22. The molecule has 2 N–H and O–H groups in total. The number of halogens is 2. The number of nitrogens with two attached hydrogens (primary N) is 1. The Hall–Kier alpha value is -1.75. The molecule has 3 nitrogen and oxygen atoms in total. The third-order valence-electron chi connectivity index (χ3n) is 2.77. The number of nitrogens with zero attached hydrogens (tertiary/aromatic N) is 1. The molecule has 1 heterocycles. The summed E-state index contributed by atoms with van der Waals surface area (Å²) in [6.45, 7) is 0. The van der Waals surface area contributed by atoms with Crippen LogP contribution in [0.4, 0.5) is 4.39 Å². The molecule has 0 aliphatic rings. The summed E-state index contributed by atoms with van der Waals surface area (Å²) in [7, 11) is 0. The summed E-state index contributed by atoms with van der Waals surface area (Å²) in [4.78, 5) is 15.7. The van der Waals surface area contributed by atoms with Gasteiger partial charge in [-0.05, 0) is 36.2 Å². The number of hydrogen-bond donors (Lipinski definition) is 1. The maximum absolute atomic E-state index is 13.1. The molecule has 2 rings (SSSR count). The number of pyridine rings is 1. The number of primary amides is 1. The van der Waals surface area contributed by atoms with Gasteiger partial charge in [-0.3, -0.25) is 9.78 Å². The van der Waals surface area contributed by atoms with Crippen molar-refractivity contribution in [3.63, 3.8) is 0 Å². The molecular formula is C14H12BrFN2O.